The molecule has 0 radical (unpaired) electrons. The first-order valence-corrected chi connectivity index (χ1v) is 7.13. The van der Waals surface area contributed by atoms with E-state index < -0.39 is 35.5 Å². The molecule has 0 aromatic heterocycles. The molecule has 0 bridgehead atoms. The number of nitrogens with zero attached hydrogens (tertiary/aromatic N) is 1. The van der Waals surface area contributed by atoms with Crippen LogP contribution in [0.25, 0.3) is 0 Å². The van der Waals surface area contributed by atoms with Crippen LogP contribution in [0.4, 0.5) is 18.0 Å². The Bertz CT molecular complexity index is 584. The molecular weight excluding hydrogens is 351 g/mol. The number of hydrogen-bond acceptors (Lipinski definition) is 2. The van der Waals surface area contributed by atoms with Crippen LogP contribution in [0.15, 0.2) is 16.6 Å². The van der Waals surface area contributed by atoms with Gasteiger partial charge in [0.15, 0.2) is 0 Å². The maximum atomic E-state index is 14.2. The zero-order valence-electron chi connectivity index (χ0n) is 11.8. The van der Waals surface area contributed by atoms with Crippen LogP contribution < -0.4 is 0 Å². The number of carbonyl (C=O) groups excluding carboxylic acids is 1. The number of ether oxygens (including phenoxy) is 1. The summed E-state index contributed by atoms with van der Waals surface area (Å²) in [5, 5.41) is 0. The third-order valence-electron chi connectivity index (χ3n) is 2.94. The standard InChI is InChI=1S/C14H15BrF3NO2/c1-13(2,3)21-12(20)19-6-9-10(14(17,18)7-19)4-8(15)5-11(9)16/h4-5H,6-7H2,1-3H3. The van der Waals surface area contributed by atoms with Crippen molar-refractivity contribution in [3.8, 4) is 0 Å². The SMILES string of the molecule is CC(C)(C)OC(=O)N1Cc2c(F)cc(Br)cc2C(F)(F)C1. The fourth-order valence-electron chi connectivity index (χ4n) is 2.12. The van der Waals surface area contributed by atoms with Gasteiger partial charge < -0.3 is 4.74 Å². The van der Waals surface area contributed by atoms with Crippen molar-refractivity contribution >= 4 is 22.0 Å². The van der Waals surface area contributed by atoms with Crippen molar-refractivity contribution in [3.63, 3.8) is 0 Å². The zero-order valence-corrected chi connectivity index (χ0v) is 13.4. The number of alkyl halides is 2. The Morgan fingerprint density at radius 2 is 2.00 bits per heavy atom. The van der Waals surface area contributed by atoms with Crippen LogP contribution in [0.5, 0.6) is 0 Å². The molecule has 0 unspecified atom stereocenters. The van der Waals surface area contributed by atoms with Crippen molar-refractivity contribution < 1.29 is 22.7 Å². The lowest BCUT2D eigenvalue weighted by Gasteiger charge is -2.35. The quantitative estimate of drug-likeness (QED) is 0.680. The molecule has 1 aliphatic rings. The molecule has 2 rings (SSSR count). The van der Waals surface area contributed by atoms with E-state index in [1.54, 1.807) is 20.8 Å². The number of rotatable bonds is 0. The van der Waals surface area contributed by atoms with Crippen LogP contribution in [-0.4, -0.2) is 23.1 Å². The van der Waals surface area contributed by atoms with Crippen molar-refractivity contribution in [1.29, 1.82) is 0 Å². The summed E-state index contributed by atoms with van der Waals surface area (Å²) < 4.78 is 47.5. The van der Waals surface area contributed by atoms with Crippen LogP contribution in [0, 0.1) is 5.82 Å². The summed E-state index contributed by atoms with van der Waals surface area (Å²) in [5.41, 5.74) is -1.38. The lowest BCUT2D eigenvalue weighted by Crippen LogP contribution is -2.46. The summed E-state index contributed by atoms with van der Waals surface area (Å²) in [5.74, 6) is -4.10. The molecule has 1 heterocycles. The van der Waals surface area contributed by atoms with Crippen LogP contribution in [0.2, 0.25) is 0 Å². The topological polar surface area (TPSA) is 29.5 Å². The van der Waals surface area contributed by atoms with Gasteiger partial charge in [-0.25, -0.2) is 9.18 Å². The minimum atomic E-state index is -3.32. The predicted octanol–water partition coefficient (Wildman–Crippen LogP) is 4.43. The molecule has 0 saturated heterocycles. The lowest BCUT2D eigenvalue weighted by molar-refractivity contribution is -0.0599. The van der Waals surface area contributed by atoms with E-state index in [1.807, 2.05) is 0 Å². The minimum Gasteiger partial charge on any atom is -0.444 e. The Morgan fingerprint density at radius 1 is 1.38 bits per heavy atom. The van der Waals surface area contributed by atoms with Gasteiger partial charge >= 0.3 is 6.09 Å². The third-order valence-corrected chi connectivity index (χ3v) is 3.40. The van der Waals surface area contributed by atoms with E-state index in [1.165, 1.54) is 6.07 Å². The molecule has 0 spiro atoms. The van der Waals surface area contributed by atoms with Gasteiger partial charge in [0.25, 0.3) is 5.92 Å². The van der Waals surface area contributed by atoms with E-state index in [2.05, 4.69) is 15.9 Å². The Balaban J connectivity index is 2.35. The fourth-order valence-corrected chi connectivity index (χ4v) is 2.55. The molecule has 0 atom stereocenters. The highest BCUT2D eigenvalue weighted by atomic mass is 79.9. The van der Waals surface area contributed by atoms with Crippen molar-refractivity contribution in [2.45, 2.75) is 38.8 Å². The molecule has 0 saturated carbocycles. The van der Waals surface area contributed by atoms with Gasteiger partial charge in [-0.2, -0.15) is 8.78 Å². The van der Waals surface area contributed by atoms with Gasteiger partial charge in [0.1, 0.15) is 11.4 Å². The van der Waals surface area contributed by atoms with E-state index in [9.17, 15) is 18.0 Å². The largest absolute Gasteiger partial charge is 0.444 e. The summed E-state index contributed by atoms with van der Waals surface area (Å²) in [7, 11) is 0. The number of halogens is 4. The molecule has 7 heteroatoms. The molecule has 1 amide bonds. The fraction of sp³-hybridized carbons (Fsp3) is 0.500. The minimum absolute atomic E-state index is 0.180. The maximum absolute atomic E-state index is 14.2. The predicted molar refractivity (Wildman–Crippen MR) is 74.6 cm³/mol. The third kappa shape index (κ3) is 3.51. The lowest BCUT2D eigenvalue weighted by atomic mass is 9.96. The van der Waals surface area contributed by atoms with Gasteiger partial charge in [0, 0.05) is 15.6 Å². The van der Waals surface area contributed by atoms with Gasteiger partial charge in [-0.3, -0.25) is 4.90 Å². The summed E-state index contributed by atoms with van der Waals surface area (Å²) >= 11 is 3.00. The van der Waals surface area contributed by atoms with Gasteiger partial charge in [-0.1, -0.05) is 15.9 Å². The first kappa shape index (κ1) is 16.1. The van der Waals surface area contributed by atoms with Gasteiger partial charge in [-0.05, 0) is 32.9 Å². The van der Waals surface area contributed by atoms with Crippen molar-refractivity contribution in [2.75, 3.05) is 6.54 Å². The average molecular weight is 366 g/mol. The van der Waals surface area contributed by atoms with Gasteiger partial charge in [-0.15, -0.1) is 0 Å². The number of hydrogen-bond donors (Lipinski definition) is 0. The smallest absolute Gasteiger partial charge is 0.410 e. The van der Waals surface area contributed by atoms with E-state index >= 15 is 0 Å². The van der Waals surface area contributed by atoms with E-state index in [-0.39, 0.29) is 16.6 Å². The van der Waals surface area contributed by atoms with Crippen LogP contribution >= 0.6 is 15.9 Å². The summed E-state index contributed by atoms with van der Waals surface area (Å²) in [4.78, 5) is 12.8. The first-order chi connectivity index (χ1) is 9.49. The molecule has 3 nitrogen and oxygen atoms in total. The molecule has 1 aromatic rings. The Labute approximate surface area is 129 Å². The maximum Gasteiger partial charge on any atom is 0.410 e. The van der Waals surface area contributed by atoms with Gasteiger partial charge in [0.2, 0.25) is 0 Å². The highest BCUT2D eigenvalue weighted by molar-refractivity contribution is 9.10. The van der Waals surface area contributed by atoms with Crippen molar-refractivity contribution in [3.05, 3.63) is 33.5 Å². The molecule has 0 N–H and O–H groups in total. The molecular formula is C14H15BrF3NO2. The summed E-state index contributed by atoms with van der Waals surface area (Å²) in [6.07, 6.45) is -0.879. The number of carbonyl (C=O) groups is 1. The van der Waals surface area contributed by atoms with Gasteiger partial charge in [0.05, 0.1) is 13.1 Å². The highest BCUT2D eigenvalue weighted by Crippen LogP contribution is 2.39. The van der Waals surface area contributed by atoms with Crippen LogP contribution in [0.3, 0.4) is 0 Å². The molecule has 0 aliphatic carbocycles. The number of benzene rings is 1. The van der Waals surface area contributed by atoms with E-state index in [4.69, 9.17) is 4.74 Å². The van der Waals surface area contributed by atoms with Crippen molar-refractivity contribution in [2.24, 2.45) is 0 Å². The second-order valence-corrected chi connectivity index (χ2v) is 6.87. The molecule has 116 valence electrons. The molecule has 1 aromatic carbocycles. The number of fused-ring (bicyclic) bond motifs is 1. The van der Waals surface area contributed by atoms with E-state index in [0.717, 1.165) is 11.0 Å². The Kier molecular flexibility index (Phi) is 3.99. The zero-order chi connectivity index (χ0) is 16.0. The second kappa shape index (κ2) is 5.19. The normalized spacial score (nSPS) is 17.4. The second-order valence-electron chi connectivity index (χ2n) is 5.95. The van der Waals surface area contributed by atoms with E-state index in [0.29, 0.717) is 0 Å². The summed E-state index contributed by atoms with van der Waals surface area (Å²) in [6, 6.07) is 2.29. The first-order valence-electron chi connectivity index (χ1n) is 6.34. The Hall–Kier alpha value is -1.24. The molecule has 0 fully saturated rings. The average Bonchev–Trinajstić information content (AvgIpc) is 2.27. The summed E-state index contributed by atoms with van der Waals surface area (Å²) in [6.45, 7) is 3.85. The Morgan fingerprint density at radius 3 is 2.57 bits per heavy atom. The molecule has 21 heavy (non-hydrogen) atoms. The van der Waals surface area contributed by atoms with Crippen LogP contribution in [-0.2, 0) is 17.2 Å². The highest BCUT2D eigenvalue weighted by Gasteiger charge is 2.44. The van der Waals surface area contributed by atoms with Crippen LogP contribution in [0.1, 0.15) is 31.9 Å². The molecule has 1 aliphatic heterocycles. The van der Waals surface area contributed by atoms with Crippen molar-refractivity contribution in [1.82, 2.24) is 4.90 Å². The monoisotopic (exact) mass is 365 g/mol. The number of amides is 1.